The zero-order valence-electron chi connectivity index (χ0n) is 11.0. The van der Waals surface area contributed by atoms with Crippen LogP contribution in [-0.4, -0.2) is 18.9 Å². The highest BCUT2D eigenvalue weighted by atomic mass is 16.7. The second-order valence-electron chi connectivity index (χ2n) is 5.01. The molecular weight excluding hydrogens is 216 g/mol. The van der Waals surface area contributed by atoms with E-state index in [1.54, 1.807) is 0 Å². The van der Waals surface area contributed by atoms with Gasteiger partial charge in [0.1, 0.15) is 12.7 Å². The SMILES string of the molecule is C=CCOC(=O)OC1C(CC)=CCCC1(C)C. The third-order valence-corrected chi connectivity index (χ3v) is 3.18. The van der Waals surface area contributed by atoms with E-state index in [0.29, 0.717) is 0 Å². The molecule has 0 radical (unpaired) electrons. The smallest absolute Gasteiger partial charge is 0.430 e. The molecule has 3 nitrogen and oxygen atoms in total. The number of carbonyl (C=O) groups is 1. The van der Waals surface area contributed by atoms with Gasteiger partial charge < -0.3 is 9.47 Å². The van der Waals surface area contributed by atoms with E-state index in [4.69, 9.17) is 9.47 Å². The molecule has 1 atom stereocenters. The van der Waals surface area contributed by atoms with Gasteiger partial charge in [-0.05, 0) is 24.8 Å². The lowest BCUT2D eigenvalue weighted by molar-refractivity contribution is -0.00891. The van der Waals surface area contributed by atoms with E-state index in [2.05, 4.69) is 33.4 Å². The Hall–Kier alpha value is -1.25. The molecule has 0 aromatic carbocycles. The quantitative estimate of drug-likeness (QED) is 0.551. The third kappa shape index (κ3) is 3.62. The van der Waals surface area contributed by atoms with Crippen LogP contribution in [0, 0.1) is 5.41 Å². The van der Waals surface area contributed by atoms with Crippen LogP contribution < -0.4 is 0 Å². The predicted molar refractivity (Wildman–Crippen MR) is 67.8 cm³/mol. The Labute approximate surface area is 103 Å². The van der Waals surface area contributed by atoms with Crippen LogP contribution in [0.2, 0.25) is 0 Å². The van der Waals surface area contributed by atoms with E-state index in [-0.39, 0.29) is 18.1 Å². The standard InChI is InChI=1S/C14H22O3/c1-5-10-16-13(15)17-12-11(6-2)8-7-9-14(12,3)4/h5,8,12H,1,6-7,9-10H2,2-4H3. The van der Waals surface area contributed by atoms with Crippen molar-refractivity contribution in [2.75, 3.05) is 6.61 Å². The van der Waals surface area contributed by atoms with Crippen LogP contribution >= 0.6 is 0 Å². The summed E-state index contributed by atoms with van der Waals surface area (Å²) in [5.74, 6) is 0. The molecule has 0 heterocycles. The fourth-order valence-corrected chi connectivity index (χ4v) is 2.19. The van der Waals surface area contributed by atoms with Crippen LogP contribution in [0.25, 0.3) is 0 Å². The van der Waals surface area contributed by atoms with Crippen molar-refractivity contribution in [2.24, 2.45) is 5.41 Å². The molecule has 0 saturated heterocycles. The Morgan fingerprint density at radius 1 is 1.65 bits per heavy atom. The Balaban J connectivity index is 2.70. The van der Waals surface area contributed by atoms with E-state index in [1.165, 1.54) is 11.6 Å². The molecule has 1 unspecified atom stereocenters. The van der Waals surface area contributed by atoms with Gasteiger partial charge >= 0.3 is 6.16 Å². The summed E-state index contributed by atoms with van der Waals surface area (Å²) >= 11 is 0. The second-order valence-corrected chi connectivity index (χ2v) is 5.01. The van der Waals surface area contributed by atoms with Crippen molar-refractivity contribution >= 4 is 6.16 Å². The summed E-state index contributed by atoms with van der Waals surface area (Å²) in [5, 5.41) is 0. The van der Waals surface area contributed by atoms with Gasteiger partial charge in [0, 0.05) is 5.41 Å². The lowest BCUT2D eigenvalue weighted by atomic mass is 9.74. The van der Waals surface area contributed by atoms with E-state index in [1.807, 2.05) is 0 Å². The lowest BCUT2D eigenvalue weighted by Gasteiger charge is -2.37. The average Bonchev–Trinajstić information content (AvgIpc) is 2.28. The van der Waals surface area contributed by atoms with Gasteiger partial charge in [0.2, 0.25) is 0 Å². The monoisotopic (exact) mass is 238 g/mol. The highest BCUT2D eigenvalue weighted by Crippen LogP contribution is 2.39. The zero-order valence-corrected chi connectivity index (χ0v) is 11.0. The van der Waals surface area contributed by atoms with Crippen molar-refractivity contribution in [2.45, 2.75) is 46.1 Å². The van der Waals surface area contributed by atoms with E-state index < -0.39 is 6.16 Å². The normalized spacial score (nSPS) is 22.5. The van der Waals surface area contributed by atoms with Crippen LogP contribution in [0.3, 0.4) is 0 Å². The van der Waals surface area contributed by atoms with Crippen LogP contribution in [0.15, 0.2) is 24.3 Å². The van der Waals surface area contributed by atoms with Gasteiger partial charge in [-0.25, -0.2) is 4.79 Å². The maximum absolute atomic E-state index is 11.5. The van der Waals surface area contributed by atoms with Crippen LogP contribution in [-0.2, 0) is 9.47 Å². The topological polar surface area (TPSA) is 35.5 Å². The Kier molecular flexibility index (Phi) is 4.79. The summed E-state index contributed by atoms with van der Waals surface area (Å²) in [4.78, 5) is 11.5. The lowest BCUT2D eigenvalue weighted by Crippen LogP contribution is -2.37. The molecule has 17 heavy (non-hydrogen) atoms. The minimum Gasteiger partial charge on any atom is -0.430 e. The van der Waals surface area contributed by atoms with Gasteiger partial charge in [0.15, 0.2) is 0 Å². The molecule has 0 spiro atoms. The Bertz CT molecular complexity index is 315. The molecular formula is C14H22O3. The molecule has 0 saturated carbocycles. The molecule has 3 heteroatoms. The first-order valence-corrected chi connectivity index (χ1v) is 6.14. The summed E-state index contributed by atoms with van der Waals surface area (Å²) < 4.78 is 10.3. The fraction of sp³-hybridized carbons (Fsp3) is 0.643. The first-order valence-electron chi connectivity index (χ1n) is 6.14. The minimum absolute atomic E-state index is 0.0205. The van der Waals surface area contributed by atoms with Crippen LogP contribution in [0.4, 0.5) is 4.79 Å². The van der Waals surface area contributed by atoms with Crippen LogP contribution in [0.1, 0.15) is 40.0 Å². The number of ether oxygens (including phenoxy) is 2. The molecule has 0 aliphatic heterocycles. The molecule has 0 aromatic rings. The van der Waals surface area contributed by atoms with Gasteiger partial charge in [0.25, 0.3) is 0 Å². The van der Waals surface area contributed by atoms with Crippen molar-refractivity contribution in [3.8, 4) is 0 Å². The second kappa shape index (κ2) is 5.89. The number of hydrogen-bond donors (Lipinski definition) is 0. The number of hydrogen-bond acceptors (Lipinski definition) is 3. The maximum atomic E-state index is 11.5. The molecule has 0 fully saturated rings. The first kappa shape index (κ1) is 13.8. The van der Waals surface area contributed by atoms with E-state index in [0.717, 1.165) is 19.3 Å². The average molecular weight is 238 g/mol. The molecule has 0 amide bonds. The maximum Gasteiger partial charge on any atom is 0.509 e. The highest BCUT2D eigenvalue weighted by molar-refractivity contribution is 5.61. The summed E-state index contributed by atoms with van der Waals surface area (Å²) in [6.07, 6.45) is 5.92. The van der Waals surface area contributed by atoms with Crippen molar-refractivity contribution in [3.05, 3.63) is 24.3 Å². The van der Waals surface area contributed by atoms with Crippen molar-refractivity contribution in [3.63, 3.8) is 0 Å². The summed E-state index contributed by atoms with van der Waals surface area (Å²) in [7, 11) is 0. The van der Waals surface area contributed by atoms with Gasteiger partial charge in [-0.3, -0.25) is 0 Å². The molecule has 1 aliphatic carbocycles. The number of carbonyl (C=O) groups excluding carboxylic acids is 1. The molecule has 1 aliphatic rings. The fourth-order valence-electron chi connectivity index (χ4n) is 2.19. The predicted octanol–water partition coefficient (Wildman–Crippen LogP) is 3.85. The highest BCUT2D eigenvalue weighted by Gasteiger charge is 2.37. The Morgan fingerprint density at radius 3 is 2.94 bits per heavy atom. The molecule has 0 aromatic heterocycles. The van der Waals surface area contributed by atoms with Crippen molar-refractivity contribution < 1.29 is 14.3 Å². The van der Waals surface area contributed by atoms with E-state index >= 15 is 0 Å². The van der Waals surface area contributed by atoms with E-state index in [9.17, 15) is 4.79 Å². The largest absolute Gasteiger partial charge is 0.509 e. The Morgan fingerprint density at radius 2 is 2.35 bits per heavy atom. The number of allylic oxidation sites excluding steroid dienone is 1. The first-order chi connectivity index (χ1) is 8.01. The molecule has 0 N–H and O–H groups in total. The van der Waals surface area contributed by atoms with Crippen molar-refractivity contribution in [1.29, 1.82) is 0 Å². The minimum atomic E-state index is -0.607. The summed E-state index contributed by atoms with van der Waals surface area (Å²) in [6, 6.07) is 0. The van der Waals surface area contributed by atoms with Gasteiger partial charge in [-0.1, -0.05) is 39.5 Å². The summed E-state index contributed by atoms with van der Waals surface area (Å²) in [5.41, 5.74) is 1.17. The van der Waals surface area contributed by atoms with Gasteiger partial charge in [-0.2, -0.15) is 0 Å². The summed E-state index contributed by atoms with van der Waals surface area (Å²) in [6.45, 7) is 10.0. The molecule has 1 rings (SSSR count). The van der Waals surface area contributed by atoms with Crippen LogP contribution in [0.5, 0.6) is 0 Å². The number of rotatable bonds is 4. The third-order valence-electron chi connectivity index (χ3n) is 3.18. The van der Waals surface area contributed by atoms with Gasteiger partial charge in [0.05, 0.1) is 0 Å². The zero-order chi connectivity index (χ0) is 12.9. The molecule has 96 valence electrons. The molecule has 0 bridgehead atoms. The van der Waals surface area contributed by atoms with Crippen molar-refractivity contribution in [1.82, 2.24) is 0 Å². The van der Waals surface area contributed by atoms with Gasteiger partial charge in [-0.15, -0.1) is 0 Å².